The smallest absolute Gasteiger partial charge is 0.310 e. The van der Waals surface area contributed by atoms with Crippen LogP contribution in [0, 0.1) is 44.8 Å². The minimum absolute atomic E-state index is 0.0170. The first-order valence-corrected chi connectivity index (χ1v) is 16.5. The normalized spacial score (nSPS) is 54.4. The van der Waals surface area contributed by atoms with Crippen molar-refractivity contribution in [3.63, 3.8) is 0 Å². The summed E-state index contributed by atoms with van der Waals surface area (Å²) in [7, 11) is 0. The van der Waals surface area contributed by atoms with E-state index in [1.807, 2.05) is 0 Å². The minimum atomic E-state index is -1.30. The molecule has 0 spiro atoms. The van der Waals surface area contributed by atoms with Gasteiger partial charge in [0.05, 0.1) is 23.7 Å². The van der Waals surface area contributed by atoms with E-state index in [4.69, 9.17) is 9.47 Å². The van der Waals surface area contributed by atoms with Gasteiger partial charge in [0.25, 0.3) is 0 Å². The molecule has 0 aromatic heterocycles. The van der Waals surface area contributed by atoms with Crippen molar-refractivity contribution in [3.8, 4) is 0 Å². The number of aliphatic carboxylic acids is 1. The van der Waals surface area contributed by atoms with Crippen LogP contribution in [0.25, 0.3) is 0 Å². The highest BCUT2D eigenvalue weighted by Gasteiger charge is 2.71. The Bertz CT molecular complexity index is 1210. The lowest BCUT2D eigenvalue weighted by Crippen LogP contribution is -2.67. The van der Waals surface area contributed by atoms with Crippen molar-refractivity contribution in [1.29, 1.82) is 0 Å². The summed E-state index contributed by atoms with van der Waals surface area (Å²) in [6, 6.07) is 0. The molecule has 0 aromatic rings. The Kier molecular flexibility index (Phi) is 7.26. The van der Waals surface area contributed by atoms with Crippen LogP contribution in [0.2, 0.25) is 0 Å². The average Bonchev–Trinajstić information content (AvgIpc) is 2.92. The van der Waals surface area contributed by atoms with E-state index in [2.05, 4.69) is 47.3 Å². The molecule has 1 saturated heterocycles. The molecule has 13 atom stereocenters. The van der Waals surface area contributed by atoms with Crippen molar-refractivity contribution in [2.45, 2.75) is 136 Å². The fourth-order valence-corrected chi connectivity index (χ4v) is 11.9. The molecule has 5 fully saturated rings. The summed E-state index contributed by atoms with van der Waals surface area (Å²) in [5.41, 5.74) is -0.834. The molecular formula is C35H54O8. The summed E-state index contributed by atoms with van der Waals surface area (Å²) >= 11 is 0. The van der Waals surface area contributed by atoms with Gasteiger partial charge in [0.15, 0.2) is 6.29 Å². The molecule has 5 aliphatic carbocycles. The number of carbonyl (C=O) groups is 1. The van der Waals surface area contributed by atoms with Crippen molar-refractivity contribution in [2.75, 3.05) is 6.61 Å². The van der Waals surface area contributed by atoms with Gasteiger partial charge in [0.2, 0.25) is 0 Å². The van der Waals surface area contributed by atoms with Crippen molar-refractivity contribution in [1.82, 2.24) is 0 Å². The highest BCUT2D eigenvalue weighted by atomic mass is 16.7. The number of carboxylic acids is 1. The maximum absolute atomic E-state index is 13.0. The predicted molar refractivity (Wildman–Crippen MR) is 161 cm³/mol. The number of allylic oxidation sites excluding steroid dienone is 1. The molecule has 6 rings (SSSR count). The lowest BCUT2D eigenvalue weighted by Gasteiger charge is -2.71. The van der Waals surface area contributed by atoms with Gasteiger partial charge in [-0.1, -0.05) is 52.8 Å². The molecule has 0 aromatic carbocycles. The number of aliphatic hydroxyl groups excluding tert-OH is 3. The van der Waals surface area contributed by atoms with Gasteiger partial charge in [-0.2, -0.15) is 0 Å². The molecule has 6 aliphatic rings. The number of hydrogen-bond donors (Lipinski definition) is 5. The van der Waals surface area contributed by atoms with E-state index < -0.39 is 47.5 Å². The van der Waals surface area contributed by atoms with Crippen LogP contribution in [0.5, 0.6) is 0 Å². The van der Waals surface area contributed by atoms with Crippen LogP contribution >= 0.6 is 0 Å². The van der Waals surface area contributed by atoms with Crippen molar-refractivity contribution in [3.05, 3.63) is 23.8 Å². The summed E-state index contributed by atoms with van der Waals surface area (Å²) in [5.74, 6) is -0.524. The monoisotopic (exact) mass is 602 g/mol. The quantitative estimate of drug-likeness (QED) is 0.234. The Morgan fingerprint density at radius 2 is 1.65 bits per heavy atom. The molecule has 5 N–H and O–H groups in total. The fraction of sp³-hybridized carbons (Fsp3) is 0.857. The van der Waals surface area contributed by atoms with Gasteiger partial charge in [-0.05, 0) is 104 Å². The van der Waals surface area contributed by atoms with Crippen LogP contribution in [-0.2, 0) is 14.3 Å². The third kappa shape index (κ3) is 4.05. The van der Waals surface area contributed by atoms with E-state index in [0.29, 0.717) is 31.1 Å². The second kappa shape index (κ2) is 9.85. The van der Waals surface area contributed by atoms with Crippen LogP contribution in [0.3, 0.4) is 0 Å². The van der Waals surface area contributed by atoms with Crippen LogP contribution in [-0.4, -0.2) is 74.4 Å². The second-order valence-corrected chi connectivity index (χ2v) is 16.7. The Morgan fingerprint density at radius 1 is 0.953 bits per heavy atom. The molecule has 43 heavy (non-hydrogen) atoms. The largest absolute Gasteiger partial charge is 0.481 e. The zero-order chi connectivity index (χ0) is 31.5. The summed E-state index contributed by atoms with van der Waals surface area (Å²) in [5, 5.41) is 53.3. The molecule has 0 unspecified atom stereocenters. The van der Waals surface area contributed by atoms with Gasteiger partial charge in [0, 0.05) is 5.92 Å². The highest BCUT2D eigenvalue weighted by Crippen LogP contribution is 2.76. The summed E-state index contributed by atoms with van der Waals surface area (Å²) in [4.78, 5) is 13.0. The molecule has 0 amide bonds. The maximum Gasteiger partial charge on any atom is 0.310 e. The van der Waals surface area contributed by atoms with Crippen molar-refractivity contribution >= 4 is 5.97 Å². The number of ether oxygens (including phenoxy) is 2. The van der Waals surface area contributed by atoms with Gasteiger partial charge < -0.3 is 35.0 Å². The van der Waals surface area contributed by atoms with Gasteiger partial charge in [-0.15, -0.1) is 0 Å². The molecule has 8 nitrogen and oxygen atoms in total. The molecule has 0 radical (unpaired) electrons. The third-order valence-electron chi connectivity index (χ3n) is 14.7. The molecule has 0 bridgehead atoms. The third-order valence-corrected chi connectivity index (χ3v) is 14.7. The SMILES string of the molecule is C=C1CC[C@]2(C(=O)O)CC[C@]3(C)C(=CC[C@@H]4[C@@]5(C)CC[C@H](O[C@@H]6OC[C@H](O)[C@H](O)[C@H]6O)C(C)(C)[C@H]5CC[C@]43C)[C@@H]2[C@@]1(C)O. The molecule has 4 saturated carbocycles. The average molecular weight is 603 g/mol. The van der Waals surface area contributed by atoms with Crippen LogP contribution in [0.1, 0.15) is 99.3 Å². The lowest BCUT2D eigenvalue weighted by atomic mass is 9.33. The fourth-order valence-electron chi connectivity index (χ4n) is 11.9. The van der Waals surface area contributed by atoms with Gasteiger partial charge in [-0.3, -0.25) is 4.79 Å². The van der Waals surface area contributed by atoms with Crippen molar-refractivity contribution < 1.29 is 39.8 Å². The number of carboxylic acid groups (broad SMARTS) is 1. The first kappa shape index (κ1) is 31.7. The van der Waals surface area contributed by atoms with E-state index in [1.54, 1.807) is 6.92 Å². The highest BCUT2D eigenvalue weighted by molar-refractivity contribution is 5.77. The van der Waals surface area contributed by atoms with Crippen LogP contribution < -0.4 is 0 Å². The first-order chi connectivity index (χ1) is 19.9. The Labute approximate surface area is 256 Å². The number of fused-ring (bicyclic) bond motifs is 7. The van der Waals surface area contributed by atoms with Crippen LogP contribution in [0.4, 0.5) is 0 Å². The zero-order valence-corrected chi connectivity index (χ0v) is 26.9. The number of rotatable bonds is 3. The Balaban J connectivity index is 1.33. The Hall–Kier alpha value is -1.29. The zero-order valence-electron chi connectivity index (χ0n) is 26.9. The number of hydrogen-bond acceptors (Lipinski definition) is 7. The Morgan fingerprint density at radius 3 is 2.33 bits per heavy atom. The van der Waals surface area contributed by atoms with E-state index in [9.17, 15) is 30.3 Å². The molecule has 242 valence electrons. The molecule has 1 aliphatic heterocycles. The number of aliphatic hydroxyl groups is 4. The standard InChI is InChI=1S/C35H54O8/c1-19-10-15-35(29(39)40)17-16-32(5)20(27(35)34(19,7)41)8-9-23-31(4)13-12-24(30(2,3)22(31)11-14-33(23,32)6)43-28-26(38)25(37)21(36)18-42-28/h8,21-28,36-38,41H,1,9-18H2,2-7H3,(H,39,40)/t21-,22+,23+,24-,25-,26+,27+,28-,31-,32+,33+,34-,35-/m0/s1. The summed E-state index contributed by atoms with van der Waals surface area (Å²) in [6.07, 6.45) is 4.52. The van der Waals surface area contributed by atoms with E-state index >= 15 is 0 Å². The lowest BCUT2D eigenvalue weighted by molar-refractivity contribution is -0.308. The molecule has 8 heteroatoms. The van der Waals surface area contributed by atoms with Crippen LogP contribution in [0.15, 0.2) is 23.8 Å². The topological polar surface area (TPSA) is 137 Å². The summed E-state index contributed by atoms with van der Waals surface area (Å²) < 4.78 is 12.1. The molecule has 1 heterocycles. The predicted octanol–water partition coefficient (Wildman–Crippen LogP) is 4.59. The second-order valence-electron chi connectivity index (χ2n) is 16.7. The van der Waals surface area contributed by atoms with Gasteiger partial charge in [-0.25, -0.2) is 0 Å². The summed E-state index contributed by atoms with van der Waals surface area (Å²) in [6.45, 7) is 17.7. The van der Waals surface area contributed by atoms with E-state index in [-0.39, 0.29) is 34.4 Å². The van der Waals surface area contributed by atoms with Gasteiger partial charge in [0.1, 0.15) is 18.3 Å². The van der Waals surface area contributed by atoms with Gasteiger partial charge >= 0.3 is 5.97 Å². The minimum Gasteiger partial charge on any atom is -0.481 e. The molecular weight excluding hydrogens is 548 g/mol. The van der Waals surface area contributed by atoms with E-state index in [0.717, 1.165) is 49.7 Å². The maximum atomic E-state index is 13.0. The first-order valence-electron chi connectivity index (χ1n) is 16.5. The van der Waals surface area contributed by atoms with E-state index in [1.165, 1.54) is 0 Å². The van der Waals surface area contributed by atoms with Crippen molar-refractivity contribution in [2.24, 2.45) is 44.8 Å².